The van der Waals surface area contributed by atoms with E-state index in [-0.39, 0.29) is 24.4 Å². The number of amides is 1. The van der Waals surface area contributed by atoms with Gasteiger partial charge in [-0.25, -0.2) is 13.2 Å². The molecule has 1 amide bonds. The number of halogens is 3. The lowest BCUT2D eigenvalue weighted by atomic mass is 10.1. The van der Waals surface area contributed by atoms with Gasteiger partial charge in [0.1, 0.15) is 18.1 Å². The Morgan fingerprint density at radius 1 is 1.16 bits per heavy atom. The first-order valence-electron chi connectivity index (χ1n) is 9.69. The maximum Gasteiger partial charge on any atom is 0.416 e. The summed E-state index contributed by atoms with van der Waals surface area (Å²) < 4.78 is 68.4. The summed E-state index contributed by atoms with van der Waals surface area (Å²) in [7, 11) is -3.51. The van der Waals surface area contributed by atoms with E-state index < -0.39 is 39.2 Å². The average molecular weight is 473 g/mol. The maximum absolute atomic E-state index is 13.0. The molecule has 0 N–H and O–H groups in total. The number of hydrogen-bond acceptors (Lipinski definition) is 6. The fourth-order valence-corrected chi connectivity index (χ4v) is 4.04. The van der Waals surface area contributed by atoms with Crippen LogP contribution in [0.4, 0.5) is 18.0 Å². The van der Waals surface area contributed by atoms with E-state index in [1.54, 1.807) is 4.68 Å². The number of carbonyl (C=O) groups is 2. The Morgan fingerprint density at radius 2 is 1.88 bits per heavy atom. The Hall–Kier alpha value is -2.89. The third-order valence-electron chi connectivity index (χ3n) is 4.78. The highest BCUT2D eigenvalue weighted by Crippen LogP contribution is 2.30. The highest BCUT2D eigenvalue weighted by atomic mass is 32.2. The molecule has 8 nitrogen and oxygen atoms in total. The van der Waals surface area contributed by atoms with Crippen molar-refractivity contribution < 1.29 is 35.9 Å². The average Bonchev–Trinajstić information content (AvgIpc) is 2.95. The number of fused-ring (bicyclic) bond motifs is 1. The lowest BCUT2D eigenvalue weighted by molar-refractivity contribution is -0.137. The predicted octanol–water partition coefficient (Wildman–Crippen LogP) is 2.98. The second-order valence-corrected chi connectivity index (χ2v) is 9.91. The molecule has 0 atom stereocenters. The molecule has 174 valence electrons. The zero-order valence-corrected chi connectivity index (χ0v) is 18.3. The minimum Gasteiger partial charge on any atom is -0.445 e. The monoisotopic (exact) mass is 473 g/mol. The SMILES string of the molecule is Cc1cc(COC(=O)N2CCCn3nc(C(=O)CS(C)(=O)=O)cc3C2)cc(C(F)(F)F)c1. The minimum atomic E-state index is -4.50. The summed E-state index contributed by atoms with van der Waals surface area (Å²) in [5.74, 6) is -1.30. The number of benzene rings is 1. The normalized spacial score (nSPS) is 14.6. The molecule has 3 rings (SSSR count). The van der Waals surface area contributed by atoms with Crippen molar-refractivity contribution in [3.63, 3.8) is 0 Å². The summed E-state index contributed by atoms with van der Waals surface area (Å²) >= 11 is 0. The highest BCUT2D eigenvalue weighted by Gasteiger charge is 2.31. The summed E-state index contributed by atoms with van der Waals surface area (Å²) in [4.78, 5) is 26.0. The van der Waals surface area contributed by atoms with Gasteiger partial charge in [-0.15, -0.1) is 0 Å². The molecular formula is C20H22F3N3O5S. The van der Waals surface area contributed by atoms with Crippen LogP contribution in [0.15, 0.2) is 24.3 Å². The Bertz CT molecular complexity index is 1140. The first-order chi connectivity index (χ1) is 14.8. The molecule has 1 aromatic heterocycles. The Balaban J connectivity index is 1.68. The number of nitrogens with zero attached hydrogens (tertiary/aromatic N) is 3. The van der Waals surface area contributed by atoms with Crippen molar-refractivity contribution in [2.75, 3.05) is 18.6 Å². The molecule has 1 aromatic carbocycles. The summed E-state index contributed by atoms with van der Waals surface area (Å²) in [6.45, 7) is 2.02. The molecule has 0 saturated heterocycles. The first kappa shape index (κ1) is 23.8. The number of rotatable bonds is 5. The molecular weight excluding hydrogens is 451 g/mol. The maximum atomic E-state index is 13.0. The van der Waals surface area contributed by atoms with E-state index in [1.165, 1.54) is 24.0 Å². The number of carbonyl (C=O) groups excluding carboxylic acids is 2. The molecule has 2 aromatic rings. The minimum absolute atomic E-state index is 0.0000770. The number of aryl methyl sites for hydroxylation is 2. The van der Waals surface area contributed by atoms with E-state index in [1.807, 2.05) is 0 Å². The third kappa shape index (κ3) is 6.09. The van der Waals surface area contributed by atoms with Crippen LogP contribution in [0.1, 0.15) is 39.3 Å². The second-order valence-electron chi connectivity index (χ2n) is 7.77. The topological polar surface area (TPSA) is 98.6 Å². The molecule has 1 aliphatic rings. The van der Waals surface area contributed by atoms with Gasteiger partial charge in [-0.05, 0) is 37.1 Å². The number of alkyl halides is 3. The van der Waals surface area contributed by atoms with Crippen LogP contribution in [0, 0.1) is 6.92 Å². The van der Waals surface area contributed by atoms with Crippen molar-refractivity contribution in [3.05, 3.63) is 52.3 Å². The quantitative estimate of drug-likeness (QED) is 0.620. The molecule has 0 saturated carbocycles. The van der Waals surface area contributed by atoms with Crippen LogP contribution in [0.25, 0.3) is 0 Å². The summed E-state index contributed by atoms with van der Waals surface area (Å²) in [5.41, 5.74) is 0.342. The summed E-state index contributed by atoms with van der Waals surface area (Å²) in [6.07, 6.45) is -3.75. The van der Waals surface area contributed by atoms with Gasteiger partial charge in [0.25, 0.3) is 0 Å². The molecule has 12 heteroatoms. The first-order valence-corrected chi connectivity index (χ1v) is 11.7. The molecule has 0 aliphatic carbocycles. The van der Waals surface area contributed by atoms with Gasteiger partial charge in [-0.1, -0.05) is 11.6 Å². The number of sulfone groups is 1. The second kappa shape index (κ2) is 8.93. The van der Waals surface area contributed by atoms with Crippen molar-refractivity contribution in [1.29, 1.82) is 0 Å². The molecule has 0 fully saturated rings. The van der Waals surface area contributed by atoms with E-state index in [0.29, 0.717) is 30.8 Å². The van der Waals surface area contributed by atoms with Gasteiger partial charge in [-0.3, -0.25) is 9.48 Å². The van der Waals surface area contributed by atoms with Crippen molar-refractivity contribution in [3.8, 4) is 0 Å². The predicted molar refractivity (Wildman–Crippen MR) is 108 cm³/mol. The van der Waals surface area contributed by atoms with E-state index in [2.05, 4.69) is 5.10 Å². The number of aromatic nitrogens is 2. The largest absolute Gasteiger partial charge is 0.445 e. The molecule has 0 unspecified atom stereocenters. The Labute approximate surface area is 182 Å². The number of ketones is 1. The van der Waals surface area contributed by atoms with Gasteiger partial charge in [0.2, 0.25) is 0 Å². The molecule has 0 radical (unpaired) electrons. The van der Waals surface area contributed by atoms with Crippen LogP contribution < -0.4 is 0 Å². The summed E-state index contributed by atoms with van der Waals surface area (Å²) in [6, 6.07) is 4.91. The standard InChI is InChI=1S/C20H22F3N3O5S/c1-13-6-14(8-15(7-13)20(21,22)23)11-31-19(28)25-4-3-5-26-16(10-25)9-17(24-26)18(27)12-32(2,29)30/h6-9H,3-5,10-12H2,1-2H3. The van der Waals surface area contributed by atoms with E-state index in [4.69, 9.17) is 4.74 Å². The Morgan fingerprint density at radius 3 is 2.53 bits per heavy atom. The zero-order chi connectivity index (χ0) is 23.7. The van der Waals surface area contributed by atoms with Crippen molar-refractivity contribution >= 4 is 21.7 Å². The fraction of sp³-hybridized carbons (Fsp3) is 0.450. The van der Waals surface area contributed by atoms with Crippen molar-refractivity contribution in [2.24, 2.45) is 0 Å². The molecule has 0 bridgehead atoms. The van der Waals surface area contributed by atoms with Gasteiger partial charge >= 0.3 is 12.3 Å². The van der Waals surface area contributed by atoms with E-state index >= 15 is 0 Å². The van der Waals surface area contributed by atoms with Gasteiger partial charge in [0.05, 0.1) is 17.8 Å². The van der Waals surface area contributed by atoms with Crippen LogP contribution in [0.5, 0.6) is 0 Å². The third-order valence-corrected chi connectivity index (χ3v) is 5.56. The number of Topliss-reactive ketones (excluding diaryl/α,β-unsaturated/α-hetero) is 1. The lowest BCUT2D eigenvalue weighted by Crippen LogP contribution is -2.31. The van der Waals surface area contributed by atoms with Crippen molar-refractivity contribution in [1.82, 2.24) is 14.7 Å². The van der Waals surface area contributed by atoms with Crippen LogP contribution >= 0.6 is 0 Å². The number of ether oxygens (including phenoxy) is 1. The van der Waals surface area contributed by atoms with Crippen LogP contribution in [0.3, 0.4) is 0 Å². The van der Waals surface area contributed by atoms with Gasteiger partial charge < -0.3 is 9.64 Å². The van der Waals surface area contributed by atoms with Crippen molar-refractivity contribution in [2.45, 2.75) is 39.2 Å². The van der Waals surface area contributed by atoms with E-state index in [0.717, 1.165) is 18.4 Å². The van der Waals surface area contributed by atoms with Gasteiger partial charge in [-0.2, -0.15) is 18.3 Å². The van der Waals surface area contributed by atoms with Crippen LogP contribution in [-0.4, -0.2) is 53.5 Å². The van der Waals surface area contributed by atoms with Crippen LogP contribution in [-0.2, 0) is 40.4 Å². The molecule has 1 aliphatic heterocycles. The van der Waals surface area contributed by atoms with E-state index in [9.17, 15) is 31.2 Å². The van der Waals surface area contributed by atoms with Crippen LogP contribution in [0.2, 0.25) is 0 Å². The zero-order valence-electron chi connectivity index (χ0n) is 17.5. The smallest absolute Gasteiger partial charge is 0.416 e. The fourth-order valence-electron chi connectivity index (χ4n) is 3.41. The molecule has 32 heavy (non-hydrogen) atoms. The van der Waals surface area contributed by atoms with Gasteiger partial charge in [0.15, 0.2) is 15.6 Å². The Kier molecular flexibility index (Phi) is 6.63. The lowest BCUT2D eigenvalue weighted by Gasteiger charge is -2.20. The summed E-state index contributed by atoms with van der Waals surface area (Å²) in [5, 5.41) is 4.14. The molecule has 2 heterocycles. The highest BCUT2D eigenvalue weighted by molar-refractivity contribution is 7.91. The number of hydrogen-bond donors (Lipinski definition) is 0. The molecule has 0 spiro atoms. The van der Waals surface area contributed by atoms with Gasteiger partial charge in [0, 0.05) is 19.3 Å².